The molecule has 0 aliphatic carbocycles. The summed E-state index contributed by atoms with van der Waals surface area (Å²) >= 11 is 1.58. The number of carbonyl (C=O) groups is 1. The number of thiazole rings is 1. The van der Waals surface area contributed by atoms with E-state index in [0.29, 0.717) is 17.9 Å². The lowest BCUT2D eigenvalue weighted by Crippen LogP contribution is -2.22. The van der Waals surface area contributed by atoms with E-state index in [1.54, 1.807) is 29.7 Å². The molecule has 2 aromatic carbocycles. The highest BCUT2D eigenvalue weighted by atomic mass is 32.2. The maximum atomic E-state index is 12.3. The first-order chi connectivity index (χ1) is 11.1. The van der Waals surface area contributed by atoms with Crippen LogP contribution in [-0.4, -0.2) is 21.4 Å². The van der Waals surface area contributed by atoms with Crippen LogP contribution in [0, 0.1) is 0 Å². The Morgan fingerprint density at radius 1 is 1.22 bits per heavy atom. The molecule has 1 heterocycles. The fourth-order valence-corrected chi connectivity index (χ4v) is 3.85. The van der Waals surface area contributed by atoms with Gasteiger partial charge < -0.3 is 5.32 Å². The largest absolute Gasteiger partial charge is 0.346 e. The van der Waals surface area contributed by atoms with E-state index >= 15 is 0 Å². The highest BCUT2D eigenvalue weighted by Gasteiger charge is 2.09. The molecule has 118 valence electrons. The number of hydrogen-bond acceptors (Lipinski definition) is 4. The summed E-state index contributed by atoms with van der Waals surface area (Å²) in [6, 6.07) is 15.2. The molecule has 0 saturated carbocycles. The van der Waals surface area contributed by atoms with Crippen molar-refractivity contribution in [1.29, 1.82) is 0 Å². The Labute approximate surface area is 141 Å². The molecule has 0 bridgehead atoms. The molecule has 0 radical (unpaired) electrons. The predicted octanol–water partition coefficient (Wildman–Crippen LogP) is 3.10. The standard InChI is InChI=1S/C17H16N2O2S2/c1-23(21)11-12-5-4-6-13(9-12)17(20)18-10-16-19-14-7-2-3-8-15(14)22-16/h2-9H,10-11H2,1H3,(H,18,20). The van der Waals surface area contributed by atoms with Crippen molar-refractivity contribution < 1.29 is 9.00 Å². The lowest BCUT2D eigenvalue weighted by molar-refractivity contribution is 0.0951. The molecule has 4 nitrogen and oxygen atoms in total. The topological polar surface area (TPSA) is 59.1 Å². The lowest BCUT2D eigenvalue weighted by atomic mass is 10.1. The quantitative estimate of drug-likeness (QED) is 0.774. The van der Waals surface area contributed by atoms with Crippen LogP contribution in [0.5, 0.6) is 0 Å². The van der Waals surface area contributed by atoms with Gasteiger partial charge in [0.05, 0.1) is 16.8 Å². The van der Waals surface area contributed by atoms with E-state index in [2.05, 4.69) is 10.3 Å². The van der Waals surface area contributed by atoms with Gasteiger partial charge in [0.15, 0.2) is 0 Å². The highest BCUT2D eigenvalue weighted by Crippen LogP contribution is 2.21. The second kappa shape index (κ2) is 7.02. The second-order valence-electron chi connectivity index (χ2n) is 5.18. The number of benzene rings is 2. The molecule has 3 rings (SSSR count). The third-order valence-electron chi connectivity index (χ3n) is 3.30. The number of aromatic nitrogens is 1. The molecule has 1 atom stereocenters. The molecule has 0 saturated heterocycles. The van der Waals surface area contributed by atoms with Crippen LogP contribution in [0.25, 0.3) is 10.2 Å². The Morgan fingerprint density at radius 2 is 2.04 bits per heavy atom. The number of amides is 1. The van der Waals surface area contributed by atoms with E-state index < -0.39 is 10.8 Å². The van der Waals surface area contributed by atoms with Crippen molar-refractivity contribution in [1.82, 2.24) is 10.3 Å². The Morgan fingerprint density at radius 3 is 2.83 bits per heavy atom. The Balaban J connectivity index is 1.68. The summed E-state index contributed by atoms with van der Waals surface area (Å²) in [7, 11) is -0.921. The zero-order valence-electron chi connectivity index (χ0n) is 12.6. The van der Waals surface area contributed by atoms with Crippen LogP contribution in [-0.2, 0) is 23.1 Å². The molecule has 0 aliphatic heterocycles. The van der Waals surface area contributed by atoms with Gasteiger partial charge in [0.2, 0.25) is 0 Å². The van der Waals surface area contributed by atoms with E-state index in [0.717, 1.165) is 20.8 Å². The van der Waals surface area contributed by atoms with Crippen molar-refractivity contribution in [2.24, 2.45) is 0 Å². The van der Waals surface area contributed by atoms with Crippen LogP contribution in [0.3, 0.4) is 0 Å². The molecule has 1 aromatic heterocycles. The number of hydrogen-bond donors (Lipinski definition) is 1. The molecular formula is C17H16N2O2S2. The van der Waals surface area contributed by atoms with Gasteiger partial charge in [0.25, 0.3) is 5.91 Å². The second-order valence-corrected chi connectivity index (χ2v) is 7.73. The third-order valence-corrected chi connectivity index (χ3v) is 5.07. The van der Waals surface area contributed by atoms with Gasteiger partial charge in [-0.1, -0.05) is 24.3 Å². The Kier molecular flexibility index (Phi) is 4.83. The van der Waals surface area contributed by atoms with Gasteiger partial charge in [-0.3, -0.25) is 9.00 Å². The Hall–Kier alpha value is -2.05. The minimum Gasteiger partial charge on any atom is -0.346 e. The zero-order chi connectivity index (χ0) is 16.2. The smallest absolute Gasteiger partial charge is 0.251 e. The molecule has 3 aromatic rings. The van der Waals surface area contributed by atoms with Crippen LogP contribution in [0.1, 0.15) is 20.9 Å². The van der Waals surface area contributed by atoms with E-state index in [-0.39, 0.29) is 5.91 Å². The normalized spacial score (nSPS) is 12.2. The first-order valence-corrected chi connectivity index (χ1v) is 9.68. The monoisotopic (exact) mass is 344 g/mol. The summed E-state index contributed by atoms with van der Waals surface area (Å²) < 4.78 is 12.4. The number of nitrogens with zero attached hydrogens (tertiary/aromatic N) is 1. The third kappa shape index (κ3) is 4.03. The fraction of sp³-hybridized carbons (Fsp3) is 0.176. The van der Waals surface area contributed by atoms with Gasteiger partial charge in [0.1, 0.15) is 5.01 Å². The maximum Gasteiger partial charge on any atom is 0.251 e. The van der Waals surface area contributed by atoms with Crippen LogP contribution < -0.4 is 5.32 Å². The number of rotatable bonds is 5. The van der Waals surface area contributed by atoms with E-state index in [1.807, 2.05) is 36.4 Å². The first kappa shape index (κ1) is 15.8. The van der Waals surface area contributed by atoms with Crippen LogP contribution in [0.4, 0.5) is 0 Å². The van der Waals surface area contributed by atoms with Crippen molar-refractivity contribution in [3.05, 3.63) is 64.7 Å². The molecule has 6 heteroatoms. The van der Waals surface area contributed by atoms with Crippen LogP contribution in [0.2, 0.25) is 0 Å². The summed E-state index contributed by atoms with van der Waals surface area (Å²) in [5, 5.41) is 3.77. The molecular weight excluding hydrogens is 328 g/mol. The number of para-hydroxylation sites is 1. The molecule has 0 aliphatic rings. The minimum absolute atomic E-state index is 0.145. The fourth-order valence-electron chi connectivity index (χ4n) is 2.29. The number of nitrogens with one attached hydrogen (secondary N) is 1. The summed E-state index contributed by atoms with van der Waals surface area (Å²) in [6.07, 6.45) is 1.65. The Bertz CT molecular complexity index is 841. The van der Waals surface area contributed by atoms with Crippen molar-refractivity contribution in [3.63, 3.8) is 0 Å². The van der Waals surface area contributed by atoms with Gasteiger partial charge in [-0.25, -0.2) is 4.98 Å². The molecule has 23 heavy (non-hydrogen) atoms. The molecule has 0 spiro atoms. The number of fused-ring (bicyclic) bond motifs is 1. The zero-order valence-corrected chi connectivity index (χ0v) is 14.2. The van der Waals surface area contributed by atoms with Crippen molar-refractivity contribution in [2.45, 2.75) is 12.3 Å². The average Bonchev–Trinajstić information content (AvgIpc) is 2.95. The molecule has 1 N–H and O–H groups in total. The van der Waals surface area contributed by atoms with Crippen LogP contribution >= 0.6 is 11.3 Å². The highest BCUT2D eigenvalue weighted by molar-refractivity contribution is 7.83. The van der Waals surface area contributed by atoms with E-state index in [1.165, 1.54) is 0 Å². The minimum atomic E-state index is -0.921. The van der Waals surface area contributed by atoms with E-state index in [9.17, 15) is 9.00 Å². The van der Waals surface area contributed by atoms with Crippen molar-refractivity contribution in [2.75, 3.05) is 6.26 Å². The molecule has 1 unspecified atom stereocenters. The summed E-state index contributed by atoms with van der Waals surface area (Å²) in [5.74, 6) is 0.312. The first-order valence-electron chi connectivity index (χ1n) is 7.13. The molecule has 1 amide bonds. The van der Waals surface area contributed by atoms with Gasteiger partial charge in [0, 0.05) is 28.4 Å². The SMILES string of the molecule is CS(=O)Cc1cccc(C(=O)NCc2nc3ccccc3s2)c1. The van der Waals surface area contributed by atoms with Gasteiger partial charge in [-0.15, -0.1) is 11.3 Å². The summed E-state index contributed by atoms with van der Waals surface area (Å²) in [4.78, 5) is 16.8. The van der Waals surface area contributed by atoms with Gasteiger partial charge >= 0.3 is 0 Å². The number of carbonyl (C=O) groups excluding carboxylic acids is 1. The summed E-state index contributed by atoms with van der Waals surface area (Å²) in [6.45, 7) is 0.405. The lowest BCUT2D eigenvalue weighted by Gasteiger charge is -2.05. The predicted molar refractivity (Wildman–Crippen MR) is 95.0 cm³/mol. The van der Waals surface area contributed by atoms with Crippen LogP contribution in [0.15, 0.2) is 48.5 Å². The molecule has 0 fully saturated rings. The van der Waals surface area contributed by atoms with E-state index in [4.69, 9.17) is 0 Å². The maximum absolute atomic E-state index is 12.3. The van der Waals surface area contributed by atoms with Gasteiger partial charge in [-0.2, -0.15) is 0 Å². The average molecular weight is 344 g/mol. The van der Waals surface area contributed by atoms with Crippen molar-refractivity contribution in [3.8, 4) is 0 Å². The van der Waals surface area contributed by atoms with Gasteiger partial charge in [-0.05, 0) is 29.8 Å². The van der Waals surface area contributed by atoms with Crippen molar-refractivity contribution >= 4 is 38.3 Å². The summed E-state index contributed by atoms with van der Waals surface area (Å²) in [5.41, 5.74) is 2.43.